The van der Waals surface area contributed by atoms with Gasteiger partial charge in [0.15, 0.2) is 0 Å². The van der Waals surface area contributed by atoms with E-state index in [-0.39, 0.29) is 24.2 Å². The van der Waals surface area contributed by atoms with E-state index in [1.165, 1.54) is 12.1 Å². The predicted molar refractivity (Wildman–Crippen MR) is 98.6 cm³/mol. The Labute approximate surface area is 155 Å². The number of urea groups is 1. The number of amides is 3. The van der Waals surface area contributed by atoms with E-state index in [2.05, 4.69) is 15.8 Å². The zero-order chi connectivity index (χ0) is 19.4. The molecule has 0 saturated carbocycles. The second kappa shape index (κ2) is 7.86. The molecule has 2 atom stereocenters. The molecule has 0 aromatic heterocycles. The van der Waals surface area contributed by atoms with Crippen molar-refractivity contribution in [1.82, 2.24) is 5.32 Å². The SMILES string of the molecule is C[C@H](NC(=O)[C@H]1CC(c2cccc(F)c2)=NO1)c1ccc(NC(N)=O)cc1. The van der Waals surface area contributed by atoms with Gasteiger partial charge in [-0.3, -0.25) is 4.79 Å². The number of nitrogens with two attached hydrogens (primary N) is 1. The van der Waals surface area contributed by atoms with Gasteiger partial charge >= 0.3 is 6.03 Å². The highest BCUT2D eigenvalue weighted by Crippen LogP contribution is 2.20. The van der Waals surface area contributed by atoms with Gasteiger partial charge in [-0.15, -0.1) is 0 Å². The second-order valence-corrected chi connectivity index (χ2v) is 6.19. The maximum Gasteiger partial charge on any atom is 0.316 e. The molecule has 8 heteroatoms. The number of benzene rings is 2. The summed E-state index contributed by atoms with van der Waals surface area (Å²) in [7, 11) is 0. The van der Waals surface area contributed by atoms with Crippen LogP contribution in [0.3, 0.4) is 0 Å². The molecule has 0 aliphatic carbocycles. The van der Waals surface area contributed by atoms with Gasteiger partial charge in [-0.05, 0) is 36.8 Å². The van der Waals surface area contributed by atoms with E-state index >= 15 is 0 Å². The highest BCUT2D eigenvalue weighted by molar-refractivity contribution is 6.04. The molecule has 0 bridgehead atoms. The van der Waals surface area contributed by atoms with Gasteiger partial charge in [0.2, 0.25) is 6.10 Å². The lowest BCUT2D eigenvalue weighted by atomic mass is 10.0. The summed E-state index contributed by atoms with van der Waals surface area (Å²) in [6.07, 6.45) is -0.495. The van der Waals surface area contributed by atoms with Crippen molar-refractivity contribution in [3.63, 3.8) is 0 Å². The van der Waals surface area contributed by atoms with Crippen LogP contribution < -0.4 is 16.4 Å². The summed E-state index contributed by atoms with van der Waals surface area (Å²) < 4.78 is 13.3. The number of hydrogen-bond donors (Lipinski definition) is 3. The molecule has 1 heterocycles. The Kier molecular flexibility index (Phi) is 5.35. The van der Waals surface area contributed by atoms with Crippen LogP contribution in [0, 0.1) is 5.82 Å². The number of nitrogens with zero attached hydrogens (tertiary/aromatic N) is 1. The number of oxime groups is 1. The molecule has 0 fully saturated rings. The van der Waals surface area contributed by atoms with Gasteiger partial charge < -0.3 is 21.2 Å². The topological polar surface area (TPSA) is 106 Å². The molecule has 1 aliphatic rings. The van der Waals surface area contributed by atoms with Crippen LogP contribution in [-0.4, -0.2) is 23.8 Å². The third-order valence-electron chi connectivity index (χ3n) is 4.16. The first-order chi connectivity index (χ1) is 12.9. The highest BCUT2D eigenvalue weighted by atomic mass is 19.1. The minimum absolute atomic E-state index is 0.267. The van der Waals surface area contributed by atoms with E-state index in [0.717, 1.165) is 5.56 Å². The van der Waals surface area contributed by atoms with E-state index in [9.17, 15) is 14.0 Å². The smallest absolute Gasteiger partial charge is 0.316 e. The third-order valence-corrected chi connectivity index (χ3v) is 4.16. The fraction of sp³-hybridized carbons (Fsp3) is 0.211. The Morgan fingerprint density at radius 1 is 1.26 bits per heavy atom. The number of anilines is 1. The van der Waals surface area contributed by atoms with E-state index in [1.54, 1.807) is 36.4 Å². The minimum atomic E-state index is -0.762. The number of hydrogen-bond acceptors (Lipinski definition) is 4. The van der Waals surface area contributed by atoms with Crippen molar-refractivity contribution >= 4 is 23.3 Å². The molecule has 0 unspecified atom stereocenters. The van der Waals surface area contributed by atoms with Crippen LogP contribution >= 0.6 is 0 Å². The molecule has 3 amide bonds. The van der Waals surface area contributed by atoms with Gasteiger partial charge in [-0.25, -0.2) is 9.18 Å². The summed E-state index contributed by atoms with van der Waals surface area (Å²) in [4.78, 5) is 28.5. The van der Waals surface area contributed by atoms with Crippen molar-refractivity contribution < 1.29 is 18.8 Å². The van der Waals surface area contributed by atoms with Crippen molar-refractivity contribution in [2.24, 2.45) is 10.9 Å². The second-order valence-electron chi connectivity index (χ2n) is 6.19. The van der Waals surface area contributed by atoms with Crippen LogP contribution in [0.1, 0.15) is 30.5 Å². The molecule has 27 heavy (non-hydrogen) atoms. The predicted octanol–water partition coefficient (Wildman–Crippen LogP) is 2.69. The number of carbonyl (C=O) groups is 2. The maximum absolute atomic E-state index is 13.3. The molecule has 0 radical (unpaired) electrons. The van der Waals surface area contributed by atoms with E-state index in [1.807, 2.05) is 6.92 Å². The summed E-state index contributed by atoms with van der Waals surface area (Å²) in [6.45, 7) is 1.83. The Balaban J connectivity index is 1.57. The number of nitrogens with one attached hydrogen (secondary N) is 2. The fourth-order valence-electron chi connectivity index (χ4n) is 2.74. The molecule has 7 nitrogen and oxygen atoms in total. The summed E-state index contributed by atoms with van der Waals surface area (Å²) in [6, 6.07) is 12.0. The van der Waals surface area contributed by atoms with Crippen LogP contribution in [0.4, 0.5) is 14.9 Å². The fourth-order valence-corrected chi connectivity index (χ4v) is 2.74. The van der Waals surface area contributed by atoms with Crippen molar-refractivity contribution in [3.8, 4) is 0 Å². The summed E-state index contributed by atoms with van der Waals surface area (Å²) in [5.74, 6) is -0.678. The Bertz CT molecular complexity index is 883. The third kappa shape index (κ3) is 4.60. The van der Waals surface area contributed by atoms with Gasteiger partial charge in [-0.2, -0.15) is 0 Å². The van der Waals surface area contributed by atoms with Crippen LogP contribution in [0.25, 0.3) is 0 Å². The number of primary amides is 1. The van der Waals surface area contributed by atoms with Gasteiger partial charge in [0, 0.05) is 17.7 Å². The molecular formula is C19H19FN4O3. The maximum atomic E-state index is 13.3. The first-order valence-corrected chi connectivity index (χ1v) is 8.38. The largest absolute Gasteiger partial charge is 0.382 e. The average Bonchev–Trinajstić information content (AvgIpc) is 3.12. The highest BCUT2D eigenvalue weighted by Gasteiger charge is 2.29. The standard InChI is InChI=1S/C19H19FN4O3/c1-11(12-5-7-15(8-6-12)23-19(21)26)22-18(25)17-10-16(24-27-17)13-3-2-4-14(20)9-13/h2-9,11,17H,10H2,1H3,(H,22,25)(H3,21,23,26)/t11-,17+/m0/s1. The van der Waals surface area contributed by atoms with Crippen molar-refractivity contribution in [2.75, 3.05) is 5.32 Å². The van der Waals surface area contributed by atoms with Crippen LogP contribution in [0.5, 0.6) is 0 Å². The Morgan fingerprint density at radius 3 is 2.67 bits per heavy atom. The van der Waals surface area contributed by atoms with Crippen molar-refractivity contribution in [2.45, 2.75) is 25.5 Å². The number of carbonyl (C=O) groups excluding carboxylic acids is 2. The lowest BCUT2D eigenvalue weighted by Crippen LogP contribution is -2.36. The van der Waals surface area contributed by atoms with Crippen molar-refractivity contribution in [3.05, 3.63) is 65.5 Å². The summed E-state index contributed by atoms with van der Waals surface area (Å²) in [5, 5.41) is 9.23. The van der Waals surface area contributed by atoms with E-state index < -0.39 is 12.1 Å². The summed E-state index contributed by atoms with van der Waals surface area (Å²) >= 11 is 0. The molecule has 0 spiro atoms. The lowest BCUT2D eigenvalue weighted by molar-refractivity contribution is -0.131. The van der Waals surface area contributed by atoms with Crippen LogP contribution in [0.15, 0.2) is 53.7 Å². The quantitative estimate of drug-likeness (QED) is 0.753. The Hall–Kier alpha value is -3.42. The molecular weight excluding hydrogens is 351 g/mol. The minimum Gasteiger partial charge on any atom is -0.382 e. The lowest BCUT2D eigenvalue weighted by Gasteiger charge is -2.17. The molecule has 3 rings (SSSR count). The van der Waals surface area contributed by atoms with Gasteiger partial charge in [0.05, 0.1) is 11.8 Å². The molecule has 140 valence electrons. The zero-order valence-electron chi connectivity index (χ0n) is 14.6. The normalized spacial score (nSPS) is 16.8. The molecule has 0 saturated heterocycles. The van der Waals surface area contributed by atoms with Crippen molar-refractivity contribution in [1.29, 1.82) is 0 Å². The van der Waals surface area contributed by atoms with E-state index in [4.69, 9.17) is 10.6 Å². The molecule has 2 aromatic rings. The van der Waals surface area contributed by atoms with Gasteiger partial charge in [0.1, 0.15) is 5.82 Å². The molecule has 4 N–H and O–H groups in total. The average molecular weight is 370 g/mol. The van der Waals surface area contributed by atoms with Gasteiger partial charge in [-0.1, -0.05) is 29.4 Å². The molecule has 1 aliphatic heterocycles. The van der Waals surface area contributed by atoms with Gasteiger partial charge in [0.25, 0.3) is 5.91 Å². The zero-order valence-corrected chi connectivity index (χ0v) is 14.6. The van der Waals surface area contributed by atoms with Crippen LogP contribution in [-0.2, 0) is 9.63 Å². The first-order valence-electron chi connectivity index (χ1n) is 8.38. The number of halogens is 1. The molecule has 2 aromatic carbocycles. The first kappa shape index (κ1) is 18.4. The Morgan fingerprint density at radius 2 is 2.00 bits per heavy atom. The summed E-state index contributed by atoms with van der Waals surface area (Å²) in [5.41, 5.74) is 7.61. The number of rotatable bonds is 5. The monoisotopic (exact) mass is 370 g/mol. The van der Waals surface area contributed by atoms with Crippen LogP contribution in [0.2, 0.25) is 0 Å². The van der Waals surface area contributed by atoms with E-state index in [0.29, 0.717) is 17.0 Å².